The summed E-state index contributed by atoms with van der Waals surface area (Å²) in [6.45, 7) is -0.468. The van der Waals surface area contributed by atoms with E-state index in [-0.39, 0.29) is 11.6 Å². The highest BCUT2D eigenvalue weighted by molar-refractivity contribution is 5.96. The van der Waals surface area contributed by atoms with E-state index in [1.807, 2.05) is 0 Å². The second kappa shape index (κ2) is 5.10. The number of nitrogens with zero attached hydrogens (tertiary/aromatic N) is 2. The molecule has 1 aromatic heterocycles. The van der Waals surface area contributed by atoms with Crippen molar-refractivity contribution in [3.8, 4) is 0 Å². The molecule has 1 heterocycles. The number of carboxylic acids is 1. The fourth-order valence-electron chi connectivity index (χ4n) is 1.75. The Morgan fingerprint density at radius 3 is 2.40 bits per heavy atom. The van der Waals surface area contributed by atoms with E-state index in [1.54, 1.807) is 0 Å². The Kier molecular flexibility index (Phi) is 3.65. The van der Waals surface area contributed by atoms with Gasteiger partial charge in [0.25, 0.3) is 5.91 Å². The molecule has 0 aromatic carbocycles. The first kappa shape index (κ1) is 14.3. The van der Waals surface area contributed by atoms with Crippen LogP contribution in [0.3, 0.4) is 0 Å². The largest absolute Gasteiger partial charge is 0.480 e. The minimum Gasteiger partial charge on any atom is -0.480 e. The van der Waals surface area contributed by atoms with Crippen LogP contribution in [0, 0.1) is 0 Å². The molecule has 1 N–H and O–H groups in total. The Morgan fingerprint density at radius 1 is 1.35 bits per heavy atom. The monoisotopic (exact) mass is 288 g/mol. The van der Waals surface area contributed by atoms with E-state index >= 15 is 0 Å². The highest BCUT2D eigenvalue weighted by atomic mass is 19.4. The zero-order chi connectivity index (χ0) is 14.9. The van der Waals surface area contributed by atoms with Gasteiger partial charge in [0.05, 0.1) is 5.56 Å². The average Bonchev–Trinajstić information content (AvgIpc) is 3.18. The number of rotatable bonds is 4. The van der Waals surface area contributed by atoms with Crippen molar-refractivity contribution < 1.29 is 27.9 Å². The number of pyridine rings is 1. The first-order valence-corrected chi connectivity index (χ1v) is 5.85. The fourth-order valence-corrected chi connectivity index (χ4v) is 1.75. The standard InChI is InChI=1S/C12H11F3N2O3/c13-12(14,15)9-4-1-7(5-16-9)11(20)17(6-10(18)19)8-2-3-8/h1,4-5,8H,2-3,6H2,(H,18,19). The molecule has 0 unspecified atom stereocenters. The second-order valence-electron chi connectivity index (χ2n) is 4.49. The van der Waals surface area contributed by atoms with Gasteiger partial charge in [-0.2, -0.15) is 13.2 Å². The molecule has 1 aliphatic rings. The zero-order valence-corrected chi connectivity index (χ0v) is 10.2. The third-order valence-corrected chi connectivity index (χ3v) is 2.85. The summed E-state index contributed by atoms with van der Waals surface area (Å²) in [5, 5.41) is 8.75. The van der Waals surface area contributed by atoms with Crippen LogP contribution in [-0.4, -0.2) is 39.5 Å². The smallest absolute Gasteiger partial charge is 0.433 e. The predicted molar refractivity (Wildman–Crippen MR) is 60.9 cm³/mol. The van der Waals surface area contributed by atoms with E-state index in [0.717, 1.165) is 17.2 Å². The van der Waals surface area contributed by atoms with Crippen LogP contribution in [0.25, 0.3) is 0 Å². The quantitative estimate of drug-likeness (QED) is 0.917. The molecule has 1 saturated carbocycles. The molecule has 20 heavy (non-hydrogen) atoms. The molecule has 2 rings (SSSR count). The molecule has 1 amide bonds. The minimum absolute atomic E-state index is 0.0499. The Labute approximate surface area is 112 Å². The molecular weight excluding hydrogens is 277 g/mol. The van der Waals surface area contributed by atoms with Gasteiger partial charge in [-0.15, -0.1) is 0 Å². The highest BCUT2D eigenvalue weighted by Gasteiger charge is 2.35. The average molecular weight is 288 g/mol. The highest BCUT2D eigenvalue weighted by Crippen LogP contribution is 2.29. The van der Waals surface area contributed by atoms with Crippen LogP contribution in [0.5, 0.6) is 0 Å². The molecule has 0 bridgehead atoms. The second-order valence-corrected chi connectivity index (χ2v) is 4.49. The van der Waals surface area contributed by atoms with Gasteiger partial charge in [0, 0.05) is 12.2 Å². The molecule has 0 spiro atoms. The number of carbonyl (C=O) groups is 2. The zero-order valence-electron chi connectivity index (χ0n) is 10.2. The topological polar surface area (TPSA) is 70.5 Å². The number of halogens is 3. The van der Waals surface area contributed by atoms with E-state index < -0.39 is 30.3 Å². The van der Waals surface area contributed by atoms with Crippen LogP contribution < -0.4 is 0 Å². The number of hydrogen-bond donors (Lipinski definition) is 1. The number of aliphatic carboxylic acids is 1. The fraction of sp³-hybridized carbons (Fsp3) is 0.417. The summed E-state index contributed by atoms with van der Waals surface area (Å²) in [5.74, 6) is -1.78. The number of carboxylic acid groups (broad SMARTS) is 1. The maximum absolute atomic E-state index is 12.4. The summed E-state index contributed by atoms with van der Waals surface area (Å²) in [6.07, 6.45) is -2.35. The van der Waals surface area contributed by atoms with E-state index in [9.17, 15) is 22.8 Å². The van der Waals surface area contributed by atoms with Crippen molar-refractivity contribution in [2.24, 2.45) is 0 Å². The van der Waals surface area contributed by atoms with Gasteiger partial charge in [-0.3, -0.25) is 14.6 Å². The van der Waals surface area contributed by atoms with Crippen molar-refractivity contribution in [3.05, 3.63) is 29.6 Å². The van der Waals surface area contributed by atoms with Crippen molar-refractivity contribution in [2.45, 2.75) is 25.1 Å². The van der Waals surface area contributed by atoms with Gasteiger partial charge in [-0.25, -0.2) is 0 Å². The lowest BCUT2D eigenvalue weighted by molar-refractivity contribution is -0.141. The number of carbonyl (C=O) groups excluding carboxylic acids is 1. The van der Waals surface area contributed by atoms with Crippen LogP contribution >= 0.6 is 0 Å². The van der Waals surface area contributed by atoms with Gasteiger partial charge in [-0.05, 0) is 25.0 Å². The lowest BCUT2D eigenvalue weighted by Crippen LogP contribution is -2.37. The van der Waals surface area contributed by atoms with Crippen LogP contribution in [0.1, 0.15) is 28.9 Å². The first-order valence-electron chi connectivity index (χ1n) is 5.85. The van der Waals surface area contributed by atoms with Crippen LogP contribution in [-0.2, 0) is 11.0 Å². The normalized spacial score (nSPS) is 14.9. The molecule has 0 aliphatic heterocycles. The third kappa shape index (κ3) is 3.25. The van der Waals surface area contributed by atoms with E-state index in [0.29, 0.717) is 18.9 Å². The Morgan fingerprint density at radius 2 is 2.00 bits per heavy atom. The van der Waals surface area contributed by atoms with Crippen LogP contribution in [0.2, 0.25) is 0 Å². The summed E-state index contributed by atoms with van der Waals surface area (Å²) >= 11 is 0. The molecule has 1 aromatic rings. The molecule has 8 heteroatoms. The SMILES string of the molecule is O=C(O)CN(C(=O)c1ccc(C(F)(F)F)nc1)C1CC1. The summed E-state index contributed by atoms with van der Waals surface area (Å²) in [7, 11) is 0. The molecule has 1 fully saturated rings. The number of amides is 1. The molecule has 108 valence electrons. The van der Waals surface area contributed by atoms with E-state index in [2.05, 4.69) is 4.98 Å². The Hall–Kier alpha value is -2.12. The maximum atomic E-state index is 12.4. The third-order valence-electron chi connectivity index (χ3n) is 2.85. The minimum atomic E-state index is -4.57. The van der Waals surface area contributed by atoms with Crippen molar-refractivity contribution in [1.29, 1.82) is 0 Å². The van der Waals surface area contributed by atoms with Crippen molar-refractivity contribution in [1.82, 2.24) is 9.88 Å². The molecule has 5 nitrogen and oxygen atoms in total. The van der Waals surface area contributed by atoms with Gasteiger partial charge in [0.1, 0.15) is 12.2 Å². The Bertz CT molecular complexity index is 524. The van der Waals surface area contributed by atoms with E-state index in [4.69, 9.17) is 5.11 Å². The summed E-state index contributed by atoms with van der Waals surface area (Å²) < 4.78 is 37.1. The molecular formula is C12H11F3N2O3. The van der Waals surface area contributed by atoms with Gasteiger partial charge in [0.2, 0.25) is 0 Å². The van der Waals surface area contributed by atoms with Crippen molar-refractivity contribution >= 4 is 11.9 Å². The summed E-state index contributed by atoms with van der Waals surface area (Å²) in [4.78, 5) is 27.1. The van der Waals surface area contributed by atoms with Gasteiger partial charge >= 0.3 is 12.1 Å². The van der Waals surface area contributed by atoms with Crippen LogP contribution in [0.15, 0.2) is 18.3 Å². The molecule has 0 radical (unpaired) electrons. The first-order chi connectivity index (χ1) is 9.29. The number of alkyl halides is 3. The van der Waals surface area contributed by atoms with Gasteiger partial charge in [-0.1, -0.05) is 0 Å². The summed E-state index contributed by atoms with van der Waals surface area (Å²) in [6, 6.07) is 1.56. The van der Waals surface area contributed by atoms with Crippen LogP contribution in [0.4, 0.5) is 13.2 Å². The predicted octanol–water partition coefficient (Wildman–Crippen LogP) is 1.79. The lowest BCUT2D eigenvalue weighted by Gasteiger charge is -2.20. The van der Waals surface area contributed by atoms with E-state index in [1.165, 1.54) is 0 Å². The van der Waals surface area contributed by atoms with Gasteiger partial charge < -0.3 is 10.0 Å². The number of aromatic nitrogens is 1. The Balaban J connectivity index is 2.17. The van der Waals surface area contributed by atoms with Crippen molar-refractivity contribution in [3.63, 3.8) is 0 Å². The molecule has 0 atom stereocenters. The number of hydrogen-bond acceptors (Lipinski definition) is 3. The van der Waals surface area contributed by atoms with Gasteiger partial charge in [0.15, 0.2) is 0 Å². The molecule has 1 aliphatic carbocycles. The summed E-state index contributed by atoms with van der Waals surface area (Å²) in [5.41, 5.74) is -1.14. The maximum Gasteiger partial charge on any atom is 0.433 e. The van der Waals surface area contributed by atoms with Crippen molar-refractivity contribution in [2.75, 3.05) is 6.54 Å². The molecule has 0 saturated heterocycles. The lowest BCUT2D eigenvalue weighted by atomic mass is 10.2.